The molecule has 5 nitrogen and oxygen atoms in total. The van der Waals surface area contributed by atoms with Crippen molar-refractivity contribution < 1.29 is 18.3 Å². The van der Waals surface area contributed by atoms with E-state index >= 15 is 0 Å². The molecule has 1 fully saturated rings. The van der Waals surface area contributed by atoms with Crippen LogP contribution in [-0.4, -0.2) is 50.2 Å². The fraction of sp³-hybridized carbons (Fsp3) is 0.538. The molecule has 1 saturated heterocycles. The summed E-state index contributed by atoms with van der Waals surface area (Å²) in [6.45, 7) is 4.47. The van der Waals surface area contributed by atoms with Crippen molar-refractivity contribution in [3.8, 4) is 0 Å². The highest BCUT2D eigenvalue weighted by Crippen LogP contribution is 2.22. The molecule has 1 atom stereocenters. The molecule has 1 aromatic carbocycles. The van der Waals surface area contributed by atoms with Crippen molar-refractivity contribution in [1.82, 2.24) is 4.31 Å². The molecule has 0 amide bonds. The van der Waals surface area contributed by atoms with Crippen LogP contribution in [0, 0.1) is 13.8 Å². The Balaban J connectivity index is 2.37. The zero-order chi connectivity index (χ0) is 14.0. The standard InChI is InChI=1S/C13H19NO4S/c1-10-3-4-13(7-11(10)2)19(16,17)14-5-6-18-9-12(14)8-15/h3-4,7,12,15H,5-6,8-9H2,1-2H3. The number of sulfonamides is 1. The lowest BCUT2D eigenvalue weighted by Crippen LogP contribution is -2.50. The number of rotatable bonds is 3. The largest absolute Gasteiger partial charge is 0.395 e. The van der Waals surface area contributed by atoms with Gasteiger partial charge in [0.2, 0.25) is 10.0 Å². The second-order valence-corrected chi connectivity index (χ2v) is 6.66. The molecule has 1 aliphatic heterocycles. The van der Waals surface area contributed by atoms with E-state index in [2.05, 4.69) is 0 Å². The molecule has 106 valence electrons. The molecule has 0 radical (unpaired) electrons. The van der Waals surface area contributed by atoms with Gasteiger partial charge in [0.1, 0.15) is 0 Å². The van der Waals surface area contributed by atoms with Gasteiger partial charge in [-0.15, -0.1) is 0 Å². The smallest absolute Gasteiger partial charge is 0.243 e. The van der Waals surface area contributed by atoms with E-state index in [0.717, 1.165) is 11.1 Å². The molecule has 1 aliphatic rings. The van der Waals surface area contributed by atoms with Crippen LogP contribution in [0.25, 0.3) is 0 Å². The van der Waals surface area contributed by atoms with E-state index in [0.29, 0.717) is 6.61 Å². The second kappa shape index (κ2) is 5.58. The topological polar surface area (TPSA) is 66.8 Å². The number of aliphatic hydroxyl groups excluding tert-OH is 1. The van der Waals surface area contributed by atoms with Crippen molar-refractivity contribution in [3.05, 3.63) is 29.3 Å². The highest BCUT2D eigenvalue weighted by molar-refractivity contribution is 7.89. The summed E-state index contributed by atoms with van der Waals surface area (Å²) in [6, 6.07) is 4.59. The summed E-state index contributed by atoms with van der Waals surface area (Å²) in [7, 11) is -3.57. The molecule has 0 aromatic heterocycles. The lowest BCUT2D eigenvalue weighted by molar-refractivity contribution is 0.0109. The number of aryl methyl sites for hydroxylation is 2. The number of morpholine rings is 1. The first-order valence-electron chi connectivity index (χ1n) is 6.24. The van der Waals surface area contributed by atoms with Gasteiger partial charge in [0.15, 0.2) is 0 Å². The molecular weight excluding hydrogens is 266 g/mol. The van der Waals surface area contributed by atoms with Crippen LogP contribution >= 0.6 is 0 Å². The molecule has 0 bridgehead atoms. The quantitative estimate of drug-likeness (QED) is 0.887. The summed E-state index contributed by atoms with van der Waals surface area (Å²) < 4.78 is 31.7. The molecule has 1 N–H and O–H groups in total. The van der Waals surface area contributed by atoms with Crippen LogP contribution in [0.5, 0.6) is 0 Å². The summed E-state index contributed by atoms with van der Waals surface area (Å²) >= 11 is 0. The minimum Gasteiger partial charge on any atom is -0.395 e. The van der Waals surface area contributed by atoms with Crippen molar-refractivity contribution >= 4 is 10.0 Å². The number of nitrogens with zero attached hydrogens (tertiary/aromatic N) is 1. The van der Waals surface area contributed by atoms with E-state index in [9.17, 15) is 13.5 Å². The van der Waals surface area contributed by atoms with Gasteiger partial charge in [-0.05, 0) is 37.1 Å². The highest BCUT2D eigenvalue weighted by Gasteiger charge is 2.33. The van der Waals surface area contributed by atoms with Crippen LogP contribution in [0.1, 0.15) is 11.1 Å². The average molecular weight is 285 g/mol. The van der Waals surface area contributed by atoms with Crippen molar-refractivity contribution in [2.75, 3.05) is 26.4 Å². The summed E-state index contributed by atoms with van der Waals surface area (Å²) in [5.74, 6) is 0. The molecule has 0 saturated carbocycles. The highest BCUT2D eigenvalue weighted by atomic mass is 32.2. The van der Waals surface area contributed by atoms with Crippen LogP contribution in [0.2, 0.25) is 0 Å². The van der Waals surface area contributed by atoms with Gasteiger partial charge in [-0.3, -0.25) is 0 Å². The van der Waals surface area contributed by atoms with Crippen molar-refractivity contribution in [3.63, 3.8) is 0 Å². The first-order valence-corrected chi connectivity index (χ1v) is 7.68. The third-order valence-electron chi connectivity index (χ3n) is 3.47. The van der Waals surface area contributed by atoms with Gasteiger partial charge in [0.25, 0.3) is 0 Å². The molecule has 19 heavy (non-hydrogen) atoms. The van der Waals surface area contributed by atoms with E-state index in [1.165, 1.54) is 4.31 Å². The fourth-order valence-electron chi connectivity index (χ4n) is 2.11. The number of ether oxygens (including phenoxy) is 1. The monoisotopic (exact) mass is 285 g/mol. The zero-order valence-corrected chi connectivity index (χ0v) is 12.0. The first-order chi connectivity index (χ1) is 8.96. The molecule has 1 aromatic rings. The second-order valence-electron chi connectivity index (χ2n) is 4.77. The Labute approximate surface area is 113 Å². The van der Waals surface area contributed by atoms with Crippen molar-refractivity contribution in [2.24, 2.45) is 0 Å². The molecule has 1 unspecified atom stereocenters. The third kappa shape index (κ3) is 2.81. The lowest BCUT2D eigenvalue weighted by Gasteiger charge is -2.33. The molecule has 6 heteroatoms. The predicted molar refractivity (Wildman–Crippen MR) is 71.5 cm³/mol. The Morgan fingerprint density at radius 3 is 2.74 bits per heavy atom. The number of benzene rings is 1. The van der Waals surface area contributed by atoms with Crippen LogP contribution in [0.15, 0.2) is 23.1 Å². The van der Waals surface area contributed by atoms with Gasteiger partial charge >= 0.3 is 0 Å². The van der Waals surface area contributed by atoms with Crippen LogP contribution in [0.4, 0.5) is 0 Å². The van der Waals surface area contributed by atoms with E-state index < -0.39 is 16.1 Å². The normalized spacial score (nSPS) is 21.5. The lowest BCUT2D eigenvalue weighted by atomic mass is 10.1. The Kier molecular flexibility index (Phi) is 4.25. The summed E-state index contributed by atoms with van der Waals surface area (Å²) in [4.78, 5) is 0.274. The van der Waals surface area contributed by atoms with Gasteiger partial charge in [0, 0.05) is 6.54 Å². The average Bonchev–Trinajstić information content (AvgIpc) is 2.41. The fourth-order valence-corrected chi connectivity index (χ4v) is 3.78. The molecule has 1 heterocycles. The van der Waals surface area contributed by atoms with Gasteiger partial charge in [-0.25, -0.2) is 8.42 Å². The molecule has 0 spiro atoms. The maximum absolute atomic E-state index is 12.6. The maximum atomic E-state index is 12.6. The molecule has 2 rings (SSSR count). The summed E-state index contributed by atoms with van der Waals surface area (Å²) in [6.07, 6.45) is 0. The Bertz CT molecular complexity index is 556. The minimum atomic E-state index is -3.57. The Morgan fingerprint density at radius 1 is 1.37 bits per heavy atom. The van der Waals surface area contributed by atoms with E-state index in [1.54, 1.807) is 18.2 Å². The number of aliphatic hydroxyl groups is 1. The van der Waals surface area contributed by atoms with Gasteiger partial charge < -0.3 is 9.84 Å². The zero-order valence-electron chi connectivity index (χ0n) is 11.2. The maximum Gasteiger partial charge on any atom is 0.243 e. The third-order valence-corrected chi connectivity index (χ3v) is 5.42. The van der Waals surface area contributed by atoms with E-state index in [1.807, 2.05) is 13.8 Å². The van der Waals surface area contributed by atoms with Crippen LogP contribution in [0.3, 0.4) is 0 Å². The van der Waals surface area contributed by atoms with E-state index in [-0.39, 0.29) is 24.7 Å². The Hall–Kier alpha value is -0.950. The summed E-state index contributed by atoms with van der Waals surface area (Å²) in [5.41, 5.74) is 1.99. The summed E-state index contributed by atoms with van der Waals surface area (Å²) in [5, 5.41) is 9.28. The van der Waals surface area contributed by atoms with Crippen molar-refractivity contribution in [1.29, 1.82) is 0 Å². The van der Waals surface area contributed by atoms with Crippen LogP contribution in [-0.2, 0) is 14.8 Å². The van der Waals surface area contributed by atoms with Gasteiger partial charge in [-0.1, -0.05) is 6.07 Å². The van der Waals surface area contributed by atoms with Crippen LogP contribution < -0.4 is 0 Å². The SMILES string of the molecule is Cc1ccc(S(=O)(=O)N2CCOCC2CO)cc1C. The van der Waals surface area contributed by atoms with E-state index in [4.69, 9.17) is 4.74 Å². The van der Waals surface area contributed by atoms with Gasteiger partial charge in [-0.2, -0.15) is 4.31 Å². The minimum absolute atomic E-state index is 0.232. The van der Waals surface area contributed by atoms with Crippen molar-refractivity contribution in [2.45, 2.75) is 24.8 Å². The molecule has 0 aliphatic carbocycles. The number of hydrogen-bond donors (Lipinski definition) is 1. The predicted octanol–water partition coefficient (Wildman–Crippen LogP) is 0.685. The van der Waals surface area contributed by atoms with Gasteiger partial charge in [0.05, 0.1) is 30.8 Å². The Morgan fingerprint density at radius 2 is 2.11 bits per heavy atom. The number of hydrogen-bond acceptors (Lipinski definition) is 4. The molecular formula is C13H19NO4S. The first kappa shape index (κ1) is 14.5.